The van der Waals surface area contributed by atoms with Crippen LogP contribution < -0.4 is 10.1 Å². The van der Waals surface area contributed by atoms with Gasteiger partial charge in [-0.2, -0.15) is 0 Å². The highest BCUT2D eigenvalue weighted by Gasteiger charge is 2.57. The number of rotatable bonds is 13. The van der Waals surface area contributed by atoms with E-state index in [2.05, 4.69) is 15.3 Å². The molecule has 2 heterocycles. The standard InChI is InChI=1S/C23H31N5O16/c24-27-25-6-14(32)26-15-11(30)5-23(22(37)38,44-20(15)16(33)12(31)7-29)41-8-13-17(34)18(35)19(36)21(43-13)42-10-3-1-9(2-4-10)28(39)40/h1-4,11-13,15-21,29-31,33-36H,5-8H2,(H,26,32)(H,37,38)/t11-,12+,13+,15+,16+,17-,18-,19+,20+,21+,23+/m0/s1. The highest BCUT2D eigenvalue weighted by Crippen LogP contribution is 2.35. The van der Waals surface area contributed by atoms with E-state index in [1.165, 1.54) is 12.1 Å². The smallest absolute Gasteiger partial charge is 0.364 e. The molecule has 11 atom stereocenters. The molecular formula is C23H31N5O16. The van der Waals surface area contributed by atoms with E-state index in [0.29, 0.717) is 0 Å². The molecular weight excluding hydrogens is 602 g/mol. The first kappa shape index (κ1) is 34.8. The van der Waals surface area contributed by atoms with Crippen LogP contribution in [0.4, 0.5) is 5.69 Å². The summed E-state index contributed by atoms with van der Waals surface area (Å²) >= 11 is 0. The first-order valence-electron chi connectivity index (χ1n) is 12.9. The minimum absolute atomic E-state index is 0.0449. The van der Waals surface area contributed by atoms with E-state index in [-0.39, 0.29) is 11.4 Å². The van der Waals surface area contributed by atoms with Crippen LogP contribution in [0.25, 0.3) is 10.4 Å². The van der Waals surface area contributed by atoms with Crippen LogP contribution in [0.3, 0.4) is 0 Å². The fraction of sp³-hybridized carbons (Fsp3) is 0.652. The summed E-state index contributed by atoms with van der Waals surface area (Å²) in [6.45, 7) is -2.71. The molecule has 0 aliphatic carbocycles. The van der Waals surface area contributed by atoms with Crippen molar-refractivity contribution in [1.82, 2.24) is 5.32 Å². The Hall–Kier alpha value is -3.73. The summed E-state index contributed by atoms with van der Waals surface area (Å²) in [4.78, 5) is 37.1. The van der Waals surface area contributed by atoms with Crippen LogP contribution in [0, 0.1) is 10.1 Å². The van der Waals surface area contributed by atoms with Gasteiger partial charge in [0.1, 0.15) is 55.0 Å². The molecule has 0 aromatic heterocycles. The number of nitrogens with one attached hydrogen (secondary N) is 1. The normalized spacial score (nSPS) is 33.3. The second-order valence-corrected chi connectivity index (χ2v) is 9.83. The molecule has 1 amide bonds. The number of carbonyl (C=O) groups excluding carboxylic acids is 1. The first-order valence-corrected chi connectivity index (χ1v) is 12.9. The summed E-state index contributed by atoms with van der Waals surface area (Å²) in [6.07, 6.45) is -17.8. The summed E-state index contributed by atoms with van der Waals surface area (Å²) < 4.78 is 21.8. The Labute approximate surface area is 246 Å². The van der Waals surface area contributed by atoms with Crippen LogP contribution in [0.1, 0.15) is 6.42 Å². The number of aliphatic hydroxyl groups excluding tert-OH is 7. The number of amides is 1. The molecule has 0 bridgehead atoms. The van der Waals surface area contributed by atoms with Gasteiger partial charge in [-0.3, -0.25) is 14.9 Å². The molecule has 2 saturated heterocycles. The van der Waals surface area contributed by atoms with Gasteiger partial charge in [-0.05, 0) is 17.7 Å². The summed E-state index contributed by atoms with van der Waals surface area (Å²) in [5.41, 5.74) is 8.14. The van der Waals surface area contributed by atoms with E-state index >= 15 is 0 Å². The maximum absolute atomic E-state index is 12.4. The SMILES string of the molecule is [N-]=[N+]=NCC(=O)N[C@H]1[C@H]([C@H](O)[C@H](O)CO)O[C@@](OC[C@H]2O[C@@H](Oc3ccc([N+](=O)[O-])cc3)[C@H](O)[C@@H](O)[C@H]2O)(C(=O)O)C[C@@H]1O. The number of nitrogens with zero attached hydrogens (tertiary/aromatic N) is 4. The predicted octanol–water partition coefficient (Wildman–Crippen LogP) is -3.76. The molecule has 44 heavy (non-hydrogen) atoms. The predicted molar refractivity (Wildman–Crippen MR) is 137 cm³/mol. The number of aliphatic carboxylic acids is 1. The quantitative estimate of drug-likeness (QED) is 0.0331. The minimum Gasteiger partial charge on any atom is -0.477 e. The largest absolute Gasteiger partial charge is 0.477 e. The molecule has 2 aliphatic rings. The lowest BCUT2D eigenvalue weighted by Crippen LogP contribution is -2.68. The van der Waals surface area contributed by atoms with E-state index in [1.807, 2.05) is 0 Å². The molecule has 1 aromatic rings. The van der Waals surface area contributed by atoms with Gasteiger partial charge >= 0.3 is 5.97 Å². The van der Waals surface area contributed by atoms with Crippen LogP contribution in [-0.4, -0.2) is 144 Å². The van der Waals surface area contributed by atoms with Gasteiger partial charge in [-0.25, -0.2) is 4.79 Å². The average molecular weight is 634 g/mol. The van der Waals surface area contributed by atoms with Crippen LogP contribution in [0.2, 0.25) is 0 Å². The number of carboxylic acids is 1. The van der Waals surface area contributed by atoms with Crippen molar-refractivity contribution in [3.8, 4) is 5.75 Å². The molecule has 0 radical (unpaired) electrons. The molecule has 1 aromatic carbocycles. The number of hydrogen-bond donors (Lipinski definition) is 9. The lowest BCUT2D eigenvalue weighted by molar-refractivity contribution is -0.384. The summed E-state index contributed by atoms with van der Waals surface area (Å²) in [5, 5.41) is 98.0. The fourth-order valence-electron chi connectivity index (χ4n) is 4.52. The van der Waals surface area contributed by atoms with E-state index < -0.39 is 110 Å². The van der Waals surface area contributed by atoms with Crippen molar-refractivity contribution in [1.29, 1.82) is 0 Å². The number of non-ortho nitro benzene ring substituents is 1. The Balaban J connectivity index is 1.81. The third-order valence-corrected chi connectivity index (χ3v) is 6.87. The number of benzene rings is 1. The Bertz CT molecular complexity index is 1220. The van der Waals surface area contributed by atoms with Crippen molar-refractivity contribution < 1.29 is 74.3 Å². The van der Waals surface area contributed by atoms with E-state index in [1.54, 1.807) is 0 Å². The van der Waals surface area contributed by atoms with Crippen molar-refractivity contribution >= 4 is 17.6 Å². The molecule has 9 N–H and O–H groups in total. The highest BCUT2D eigenvalue weighted by molar-refractivity contribution is 5.79. The number of carbonyl (C=O) groups is 2. The van der Waals surface area contributed by atoms with Crippen molar-refractivity contribution in [2.45, 2.75) is 73.4 Å². The lowest BCUT2D eigenvalue weighted by Gasteiger charge is -2.47. The summed E-state index contributed by atoms with van der Waals surface area (Å²) in [5.74, 6) is -5.74. The number of nitro benzene ring substituents is 1. The Morgan fingerprint density at radius 3 is 2.41 bits per heavy atom. The number of azide groups is 1. The van der Waals surface area contributed by atoms with Crippen LogP contribution in [0.15, 0.2) is 29.4 Å². The molecule has 244 valence electrons. The van der Waals surface area contributed by atoms with Crippen LogP contribution in [-0.2, 0) is 23.8 Å². The van der Waals surface area contributed by atoms with Gasteiger partial charge in [0.15, 0.2) is 0 Å². The van der Waals surface area contributed by atoms with Crippen molar-refractivity contribution in [3.63, 3.8) is 0 Å². The summed E-state index contributed by atoms with van der Waals surface area (Å²) in [6, 6.07) is 2.90. The van der Waals surface area contributed by atoms with Gasteiger partial charge < -0.3 is 65.1 Å². The van der Waals surface area contributed by atoms with Crippen molar-refractivity contribution in [3.05, 3.63) is 44.8 Å². The average Bonchev–Trinajstić information content (AvgIpc) is 3.00. The number of ether oxygens (including phenoxy) is 4. The maximum atomic E-state index is 12.4. The zero-order valence-corrected chi connectivity index (χ0v) is 22.5. The van der Waals surface area contributed by atoms with Gasteiger partial charge in [0.25, 0.3) is 11.5 Å². The summed E-state index contributed by atoms with van der Waals surface area (Å²) in [7, 11) is 0. The topological polar surface area (TPSA) is 337 Å². The Morgan fingerprint density at radius 1 is 1.18 bits per heavy atom. The zero-order valence-electron chi connectivity index (χ0n) is 22.5. The van der Waals surface area contributed by atoms with Gasteiger partial charge in [0.05, 0.1) is 30.3 Å². The van der Waals surface area contributed by atoms with E-state index in [0.717, 1.165) is 12.1 Å². The second-order valence-electron chi connectivity index (χ2n) is 9.83. The fourth-order valence-corrected chi connectivity index (χ4v) is 4.52. The maximum Gasteiger partial charge on any atom is 0.364 e. The molecule has 2 aliphatic heterocycles. The first-order chi connectivity index (χ1) is 20.7. The molecule has 0 spiro atoms. The Morgan fingerprint density at radius 2 is 1.84 bits per heavy atom. The molecule has 21 heteroatoms. The molecule has 3 rings (SSSR count). The monoisotopic (exact) mass is 633 g/mol. The van der Waals surface area contributed by atoms with E-state index in [4.69, 9.17) is 24.5 Å². The van der Waals surface area contributed by atoms with Crippen molar-refractivity contribution in [2.75, 3.05) is 19.8 Å². The Kier molecular flexibility index (Phi) is 11.7. The molecule has 2 fully saturated rings. The zero-order chi connectivity index (χ0) is 32.8. The third kappa shape index (κ3) is 7.85. The van der Waals surface area contributed by atoms with Crippen LogP contribution >= 0.6 is 0 Å². The highest BCUT2D eigenvalue weighted by atomic mass is 16.7. The van der Waals surface area contributed by atoms with Gasteiger partial charge in [0.2, 0.25) is 12.2 Å². The third-order valence-electron chi connectivity index (χ3n) is 6.87. The van der Waals surface area contributed by atoms with Crippen molar-refractivity contribution in [2.24, 2.45) is 5.11 Å². The van der Waals surface area contributed by atoms with Gasteiger partial charge in [0, 0.05) is 23.5 Å². The van der Waals surface area contributed by atoms with Gasteiger partial charge in [-0.1, -0.05) is 5.11 Å². The molecule has 21 nitrogen and oxygen atoms in total. The molecule has 0 unspecified atom stereocenters. The number of hydrogen-bond acceptors (Lipinski definition) is 16. The minimum atomic E-state index is -2.84. The number of nitro groups is 1. The van der Waals surface area contributed by atoms with Gasteiger partial charge in [-0.15, -0.1) is 0 Å². The number of carboxylic acid groups (broad SMARTS) is 1. The molecule has 0 saturated carbocycles. The number of aliphatic hydroxyl groups is 7. The van der Waals surface area contributed by atoms with E-state index in [9.17, 15) is 60.6 Å². The van der Waals surface area contributed by atoms with Crippen LogP contribution in [0.5, 0.6) is 5.75 Å². The lowest BCUT2D eigenvalue weighted by atomic mass is 9.88. The second kappa shape index (κ2) is 14.8.